The number of nitrogens with one attached hydrogen (secondary N) is 1. The lowest BCUT2D eigenvalue weighted by Gasteiger charge is -2.21. The summed E-state index contributed by atoms with van der Waals surface area (Å²) in [6.07, 6.45) is 2.63. The number of rotatable bonds is 4. The van der Waals surface area contributed by atoms with Crippen molar-refractivity contribution in [3.8, 4) is 0 Å². The van der Waals surface area contributed by atoms with Gasteiger partial charge >= 0.3 is 0 Å². The Morgan fingerprint density at radius 2 is 2.13 bits per heavy atom. The number of nitrogens with two attached hydrogens (primary N) is 1. The zero-order valence-electron chi connectivity index (χ0n) is 9.83. The van der Waals surface area contributed by atoms with Gasteiger partial charge < -0.3 is 11.1 Å². The normalized spacial score (nSPS) is 19.5. The maximum absolute atomic E-state index is 5.77. The van der Waals surface area contributed by atoms with Crippen LogP contribution in [-0.4, -0.2) is 30.6 Å². The molecule has 4 heteroatoms. The third-order valence-corrected chi connectivity index (χ3v) is 3.59. The molecule has 0 spiro atoms. The fourth-order valence-corrected chi connectivity index (χ4v) is 2.74. The summed E-state index contributed by atoms with van der Waals surface area (Å²) >= 11 is 2.06. The van der Waals surface area contributed by atoms with Crippen molar-refractivity contribution in [3.05, 3.63) is 0 Å². The van der Waals surface area contributed by atoms with Crippen LogP contribution >= 0.6 is 11.8 Å². The molecule has 0 aromatic rings. The molecule has 1 saturated heterocycles. The minimum atomic E-state index is 0.580. The van der Waals surface area contributed by atoms with Crippen molar-refractivity contribution in [2.45, 2.75) is 26.7 Å². The lowest BCUT2D eigenvalue weighted by molar-refractivity contribution is 0.480. The van der Waals surface area contributed by atoms with Crippen LogP contribution in [0.1, 0.15) is 26.7 Å². The van der Waals surface area contributed by atoms with Crippen molar-refractivity contribution in [2.24, 2.45) is 22.6 Å². The van der Waals surface area contributed by atoms with Gasteiger partial charge in [-0.3, -0.25) is 4.99 Å². The first kappa shape index (κ1) is 12.7. The first-order valence-electron chi connectivity index (χ1n) is 5.80. The van der Waals surface area contributed by atoms with E-state index in [0.717, 1.165) is 19.0 Å². The SMILES string of the molecule is CC(C)CN=C(N)NCC1CCSCC1. The summed E-state index contributed by atoms with van der Waals surface area (Å²) in [5, 5.41) is 3.23. The monoisotopic (exact) mass is 229 g/mol. The highest BCUT2D eigenvalue weighted by atomic mass is 32.2. The van der Waals surface area contributed by atoms with E-state index < -0.39 is 0 Å². The Morgan fingerprint density at radius 3 is 2.73 bits per heavy atom. The van der Waals surface area contributed by atoms with Crippen LogP contribution in [-0.2, 0) is 0 Å². The number of thioether (sulfide) groups is 1. The van der Waals surface area contributed by atoms with Crippen molar-refractivity contribution in [3.63, 3.8) is 0 Å². The first-order chi connectivity index (χ1) is 7.18. The molecule has 0 atom stereocenters. The third-order valence-electron chi connectivity index (χ3n) is 2.54. The molecule has 0 radical (unpaired) electrons. The van der Waals surface area contributed by atoms with Crippen molar-refractivity contribution in [2.75, 3.05) is 24.6 Å². The summed E-state index contributed by atoms with van der Waals surface area (Å²) in [7, 11) is 0. The van der Waals surface area contributed by atoms with E-state index in [0.29, 0.717) is 11.9 Å². The number of guanidine groups is 1. The molecular formula is C11H23N3S. The van der Waals surface area contributed by atoms with Crippen LogP contribution in [0.5, 0.6) is 0 Å². The van der Waals surface area contributed by atoms with Crippen molar-refractivity contribution >= 4 is 17.7 Å². The van der Waals surface area contributed by atoms with Crippen LogP contribution in [0, 0.1) is 11.8 Å². The van der Waals surface area contributed by atoms with Gasteiger partial charge in [-0.25, -0.2) is 0 Å². The first-order valence-corrected chi connectivity index (χ1v) is 6.95. The van der Waals surface area contributed by atoms with Gasteiger partial charge in [0.25, 0.3) is 0 Å². The number of hydrogen-bond acceptors (Lipinski definition) is 2. The van der Waals surface area contributed by atoms with E-state index in [-0.39, 0.29) is 0 Å². The summed E-state index contributed by atoms with van der Waals surface area (Å²) < 4.78 is 0. The molecule has 1 fully saturated rings. The van der Waals surface area contributed by atoms with Crippen LogP contribution in [0.4, 0.5) is 0 Å². The van der Waals surface area contributed by atoms with E-state index in [4.69, 9.17) is 5.73 Å². The number of nitrogens with zero attached hydrogens (tertiary/aromatic N) is 1. The molecule has 88 valence electrons. The van der Waals surface area contributed by atoms with Gasteiger partial charge in [0.1, 0.15) is 0 Å². The summed E-state index contributed by atoms with van der Waals surface area (Å²) in [6.45, 7) is 6.11. The van der Waals surface area contributed by atoms with Crippen molar-refractivity contribution in [1.82, 2.24) is 5.32 Å². The maximum atomic E-state index is 5.77. The third kappa shape index (κ3) is 5.92. The second-order valence-corrected chi connectivity index (χ2v) is 5.78. The molecule has 1 aliphatic heterocycles. The Hall–Kier alpha value is -0.380. The largest absolute Gasteiger partial charge is 0.370 e. The Balaban J connectivity index is 2.14. The fourth-order valence-electron chi connectivity index (χ4n) is 1.54. The van der Waals surface area contributed by atoms with Gasteiger partial charge in [0, 0.05) is 13.1 Å². The lowest BCUT2D eigenvalue weighted by atomic mass is 10.0. The molecular weight excluding hydrogens is 206 g/mol. The Labute approximate surface area is 97.3 Å². The molecule has 0 aromatic carbocycles. The van der Waals surface area contributed by atoms with Gasteiger partial charge in [-0.2, -0.15) is 11.8 Å². The molecule has 0 amide bonds. The fraction of sp³-hybridized carbons (Fsp3) is 0.909. The van der Waals surface area contributed by atoms with E-state index >= 15 is 0 Å². The second-order valence-electron chi connectivity index (χ2n) is 4.56. The van der Waals surface area contributed by atoms with E-state index in [9.17, 15) is 0 Å². The van der Waals surface area contributed by atoms with E-state index in [1.807, 2.05) is 0 Å². The number of hydrogen-bond donors (Lipinski definition) is 2. The summed E-state index contributed by atoms with van der Waals surface area (Å²) in [6, 6.07) is 0. The van der Waals surface area contributed by atoms with Gasteiger partial charge in [0.2, 0.25) is 0 Å². The van der Waals surface area contributed by atoms with Crippen LogP contribution in [0.15, 0.2) is 4.99 Å². The highest BCUT2D eigenvalue weighted by molar-refractivity contribution is 7.99. The molecule has 3 N–H and O–H groups in total. The second kappa shape index (κ2) is 6.99. The smallest absolute Gasteiger partial charge is 0.188 e. The zero-order chi connectivity index (χ0) is 11.1. The molecule has 0 bridgehead atoms. The predicted octanol–water partition coefficient (Wildman–Crippen LogP) is 1.69. The minimum absolute atomic E-state index is 0.580. The van der Waals surface area contributed by atoms with Gasteiger partial charge in [-0.15, -0.1) is 0 Å². The topological polar surface area (TPSA) is 50.4 Å². The predicted molar refractivity (Wildman–Crippen MR) is 69.4 cm³/mol. The minimum Gasteiger partial charge on any atom is -0.370 e. The average Bonchev–Trinajstić information content (AvgIpc) is 2.25. The maximum Gasteiger partial charge on any atom is 0.188 e. The van der Waals surface area contributed by atoms with E-state index in [2.05, 4.69) is 35.9 Å². The van der Waals surface area contributed by atoms with Gasteiger partial charge in [-0.05, 0) is 36.2 Å². The summed E-state index contributed by atoms with van der Waals surface area (Å²) in [4.78, 5) is 4.29. The highest BCUT2D eigenvalue weighted by Crippen LogP contribution is 2.21. The Bertz CT molecular complexity index is 198. The lowest BCUT2D eigenvalue weighted by Crippen LogP contribution is -2.36. The van der Waals surface area contributed by atoms with E-state index in [1.165, 1.54) is 24.3 Å². The van der Waals surface area contributed by atoms with Crippen LogP contribution in [0.2, 0.25) is 0 Å². The molecule has 1 heterocycles. The van der Waals surface area contributed by atoms with Gasteiger partial charge in [0.15, 0.2) is 5.96 Å². The Morgan fingerprint density at radius 1 is 1.47 bits per heavy atom. The molecule has 1 aliphatic rings. The van der Waals surface area contributed by atoms with Gasteiger partial charge in [-0.1, -0.05) is 13.8 Å². The van der Waals surface area contributed by atoms with E-state index in [1.54, 1.807) is 0 Å². The highest BCUT2D eigenvalue weighted by Gasteiger charge is 2.13. The molecule has 1 rings (SSSR count). The molecule has 3 nitrogen and oxygen atoms in total. The molecule has 0 saturated carbocycles. The standard InChI is InChI=1S/C11H23N3S/c1-9(2)7-13-11(12)14-8-10-3-5-15-6-4-10/h9-10H,3-8H2,1-2H3,(H3,12,13,14). The summed E-state index contributed by atoms with van der Waals surface area (Å²) in [5.74, 6) is 4.59. The van der Waals surface area contributed by atoms with Gasteiger partial charge in [0.05, 0.1) is 0 Å². The van der Waals surface area contributed by atoms with Crippen molar-refractivity contribution < 1.29 is 0 Å². The molecule has 0 unspecified atom stereocenters. The quantitative estimate of drug-likeness (QED) is 0.570. The number of aliphatic imine (C=N–C) groups is 1. The Kier molecular flexibility index (Phi) is 5.91. The summed E-state index contributed by atoms with van der Waals surface area (Å²) in [5.41, 5.74) is 5.77. The van der Waals surface area contributed by atoms with Crippen LogP contribution < -0.4 is 11.1 Å². The van der Waals surface area contributed by atoms with Crippen molar-refractivity contribution in [1.29, 1.82) is 0 Å². The van der Waals surface area contributed by atoms with Crippen LogP contribution in [0.25, 0.3) is 0 Å². The molecule has 0 aromatic heterocycles. The zero-order valence-corrected chi connectivity index (χ0v) is 10.6. The van der Waals surface area contributed by atoms with Crippen LogP contribution in [0.3, 0.4) is 0 Å². The average molecular weight is 229 g/mol. The molecule has 15 heavy (non-hydrogen) atoms. The molecule has 0 aliphatic carbocycles.